The second kappa shape index (κ2) is 7.31. The van der Waals surface area contributed by atoms with Crippen LogP contribution in [0.25, 0.3) is 28.1 Å². The maximum absolute atomic E-state index is 12.8. The number of hydrogen-bond acceptors (Lipinski definition) is 7. The van der Waals surface area contributed by atoms with Gasteiger partial charge in [0.1, 0.15) is 0 Å². The lowest BCUT2D eigenvalue weighted by Gasteiger charge is -2.19. The van der Waals surface area contributed by atoms with Crippen LogP contribution in [0.2, 0.25) is 0 Å². The van der Waals surface area contributed by atoms with Crippen molar-refractivity contribution in [3.63, 3.8) is 0 Å². The smallest absolute Gasteiger partial charge is 0.375 e. The monoisotopic (exact) mass is 475 g/mol. The molecule has 0 saturated heterocycles. The van der Waals surface area contributed by atoms with Crippen LogP contribution in [0.5, 0.6) is 5.75 Å². The van der Waals surface area contributed by atoms with Crippen molar-refractivity contribution >= 4 is 73.3 Å². The summed E-state index contributed by atoms with van der Waals surface area (Å²) in [7, 11) is -5.80. The molecule has 11 heteroatoms. The van der Waals surface area contributed by atoms with Crippen molar-refractivity contribution in [2.24, 2.45) is 9.98 Å². The Morgan fingerprint density at radius 3 is 2.66 bits per heavy atom. The summed E-state index contributed by atoms with van der Waals surface area (Å²) in [6.45, 7) is 0. The highest BCUT2D eigenvalue weighted by molar-refractivity contribution is 7.88. The van der Waals surface area contributed by atoms with Gasteiger partial charge in [0, 0.05) is 50.9 Å². The molecule has 1 aromatic heterocycles. The number of aliphatic imine (C=N–C) groups is 2. The van der Waals surface area contributed by atoms with E-state index in [1.54, 1.807) is 42.1 Å². The fourth-order valence-corrected chi connectivity index (χ4v) is 4.93. The van der Waals surface area contributed by atoms with Gasteiger partial charge in [0.2, 0.25) is 0 Å². The van der Waals surface area contributed by atoms with Gasteiger partial charge in [0.15, 0.2) is 5.75 Å². The van der Waals surface area contributed by atoms with Crippen molar-refractivity contribution in [2.75, 3.05) is 5.32 Å². The van der Waals surface area contributed by atoms with E-state index in [0.29, 0.717) is 11.4 Å². The zero-order valence-corrected chi connectivity index (χ0v) is 17.6. The Bertz CT molecular complexity index is 1580. The molecule has 0 bridgehead atoms. The van der Waals surface area contributed by atoms with Gasteiger partial charge in [-0.2, -0.15) is 21.6 Å². The lowest BCUT2D eigenvalue weighted by atomic mass is 10.0. The number of nitrogens with one attached hydrogen (secondary N) is 1. The molecule has 0 fully saturated rings. The van der Waals surface area contributed by atoms with Crippen molar-refractivity contribution in [3.8, 4) is 5.75 Å². The maximum atomic E-state index is 12.8. The number of thiophene rings is 1. The van der Waals surface area contributed by atoms with E-state index in [4.69, 9.17) is 0 Å². The van der Waals surface area contributed by atoms with Crippen LogP contribution in [0.3, 0.4) is 0 Å². The van der Waals surface area contributed by atoms with Gasteiger partial charge in [-0.15, -0.1) is 11.3 Å². The minimum atomic E-state index is -5.80. The van der Waals surface area contributed by atoms with E-state index >= 15 is 0 Å². The van der Waals surface area contributed by atoms with Gasteiger partial charge in [0.05, 0.1) is 10.2 Å². The van der Waals surface area contributed by atoms with Crippen LogP contribution < -0.4 is 19.3 Å². The number of nitrogens with zero attached hydrogens (tertiary/aromatic N) is 2. The number of hydrogen-bond donors (Lipinski definition) is 1. The molecule has 0 atom stereocenters. The topological polar surface area (TPSA) is 80.1 Å². The fraction of sp³-hybridized carbons (Fsp3) is 0.0476. The van der Waals surface area contributed by atoms with Crippen molar-refractivity contribution in [1.82, 2.24) is 0 Å². The highest BCUT2D eigenvalue weighted by atomic mass is 32.2. The highest BCUT2D eigenvalue weighted by Crippen LogP contribution is 2.34. The van der Waals surface area contributed by atoms with Gasteiger partial charge >= 0.3 is 15.6 Å². The zero-order chi connectivity index (χ0) is 22.5. The summed E-state index contributed by atoms with van der Waals surface area (Å²) in [5, 5.41) is 4.95. The Morgan fingerprint density at radius 1 is 1.03 bits per heavy atom. The summed E-state index contributed by atoms with van der Waals surface area (Å²) >= 11 is 1.55. The summed E-state index contributed by atoms with van der Waals surface area (Å²) in [5.41, 5.74) is -3.48. The second-order valence-corrected chi connectivity index (χ2v) is 9.39. The summed E-state index contributed by atoms with van der Waals surface area (Å²) in [4.78, 5) is 8.64. The first-order valence-corrected chi connectivity index (χ1v) is 11.4. The van der Waals surface area contributed by atoms with Gasteiger partial charge in [-0.05, 0) is 30.3 Å². The van der Waals surface area contributed by atoms with Crippen LogP contribution in [0.1, 0.15) is 5.56 Å². The third kappa shape index (κ3) is 3.39. The summed E-state index contributed by atoms with van der Waals surface area (Å²) in [6.07, 6.45) is 8.42. The number of alkyl halides is 3. The Hall–Kier alpha value is -3.44. The lowest BCUT2D eigenvalue weighted by Crippen LogP contribution is -2.28. The standard InChI is InChI=1S/C21H12F3N3O3S2/c22-21(23,24)32(28,29)30-16-4-2-1-3-12(16)14-6-5-13-15(27-14)7-8-17-19(13)20-18(31-17)11-25-9-10-26-20/h1-11,27H. The van der Waals surface area contributed by atoms with E-state index < -0.39 is 21.4 Å². The Labute approximate surface area is 183 Å². The molecule has 6 nitrogen and oxygen atoms in total. The fourth-order valence-electron chi connectivity index (χ4n) is 3.41. The molecule has 3 heterocycles. The normalized spacial score (nSPS) is 15.0. The van der Waals surface area contributed by atoms with Crippen molar-refractivity contribution < 1.29 is 25.8 Å². The number of rotatable bonds is 3. The van der Waals surface area contributed by atoms with Gasteiger partial charge in [-0.3, -0.25) is 9.98 Å². The summed E-state index contributed by atoms with van der Waals surface area (Å²) in [6, 6.07) is 9.38. The molecule has 0 radical (unpaired) electrons. The van der Waals surface area contributed by atoms with E-state index in [0.717, 1.165) is 25.5 Å². The summed E-state index contributed by atoms with van der Waals surface area (Å²) in [5.74, 6) is -0.428. The van der Waals surface area contributed by atoms with E-state index in [2.05, 4.69) is 19.5 Å². The Kier molecular flexibility index (Phi) is 4.68. The third-order valence-corrected chi connectivity index (χ3v) is 6.84. The van der Waals surface area contributed by atoms with Crippen LogP contribution in [-0.2, 0) is 10.1 Å². The first-order valence-electron chi connectivity index (χ1n) is 9.15. The molecule has 162 valence electrons. The molecule has 0 aliphatic carbocycles. The molecule has 5 rings (SSSR count). The molecule has 0 spiro atoms. The van der Waals surface area contributed by atoms with Crippen LogP contribution in [-0.4, -0.2) is 26.4 Å². The number of anilines is 1. The van der Waals surface area contributed by atoms with Gasteiger partial charge in [0.25, 0.3) is 0 Å². The third-order valence-electron chi connectivity index (χ3n) is 4.79. The second-order valence-electron chi connectivity index (χ2n) is 6.77. The van der Waals surface area contributed by atoms with Crippen LogP contribution in [0.15, 0.2) is 52.5 Å². The molecule has 2 aliphatic rings. The minimum absolute atomic E-state index is 0.172. The highest BCUT2D eigenvalue weighted by Gasteiger charge is 2.48. The molecule has 32 heavy (non-hydrogen) atoms. The number of halogens is 3. The van der Waals surface area contributed by atoms with E-state index in [1.165, 1.54) is 18.2 Å². The number of benzene rings is 2. The maximum Gasteiger partial charge on any atom is 0.534 e. The predicted octanol–water partition coefficient (Wildman–Crippen LogP) is 3.90. The molecule has 0 unspecified atom stereocenters. The van der Waals surface area contributed by atoms with Gasteiger partial charge < -0.3 is 9.50 Å². The first kappa shape index (κ1) is 20.5. The average Bonchev–Trinajstić information content (AvgIpc) is 2.94. The molecule has 0 saturated carbocycles. The van der Waals surface area contributed by atoms with E-state index in [9.17, 15) is 21.6 Å². The van der Waals surface area contributed by atoms with Crippen molar-refractivity contribution in [2.45, 2.75) is 5.51 Å². The minimum Gasteiger partial charge on any atom is -0.375 e. The number of para-hydroxylation sites is 1. The van der Waals surface area contributed by atoms with E-state index in [-0.39, 0.29) is 5.56 Å². The largest absolute Gasteiger partial charge is 0.534 e. The quantitative estimate of drug-likeness (QED) is 0.460. The average molecular weight is 475 g/mol. The van der Waals surface area contributed by atoms with E-state index in [1.807, 2.05) is 18.2 Å². The Balaban J connectivity index is 1.63. The summed E-state index contributed by atoms with van der Waals surface area (Å²) < 4.78 is 67.8. The number of allylic oxidation sites excluding steroid dienone is 1. The molecule has 3 aromatic rings. The molecular weight excluding hydrogens is 463 g/mol. The number of fused-ring (bicyclic) bond motifs is 5. The molecule has 2 aromatic carbocycles. The van der Waals surface area contributed by atoms with Crippen LogP contribution in [0.4, 0.5) is 24.5 Å². The SMILES string of the molecule is O=S(=O)(Oc1ccccc1C1=CC=c2c(ccc3sc4c(c23)N=CC=NC=4)N1)C(F)(F)F. The van der Waals surface area contributed by atoms with Crippen LogP contribution in [0, 0.1) is 0 Å². The zero-order valence-electron chi connectivity index (χ0n) is 15.9. The van der Waals surface area contributed by atoms with Gasteiger partial charge in [-0.25, -0.2) is 0 Å². The van der Waals surface area contributed by atoms with Crippen LogP contribution >= 0.6 is 11.3 Å². The first-order chi connectivity index (χ1) is 15.2. The molecule has 0 amide bonds. The van der Waals surface area contributed by atoms with Crippen molar-refractivity contribution in [3.05, 3.63) is 57.8 Å². The lowest BCUT2D eigenvalue weighted by molar-refractivity contribution is -0.0500. The molecule has 1 N–H and O–H groups in total. The molecular formula is C21H12F3N3O3S2. The predicted molar refractivity (Wildman–Crippen MR) is 120 cm³/mol. The van der Waals surface area contributed by atoms with Gasteiger partial charge in [-0.1, -0.05) is 18.2 Å². The van der Waals surface area contributed by atoms with Crippen molar-refractivity contribution in [1.29, 1.82) is 0 Å². The Morgan fingerprint density at radius 2 is 1.84 bits per heavy atom. The molecule has 2 aliphatic heterocycles.